The van der Waals surface area contributed by atoms with Crippen molar-refractivity contribution in [1.82, 2.24) is 4.98 Å². The Morgan fingerprint density at radius 3 is 2.94 bits per heavy atom. The molecule has 3 nitrogen and oxygen atoms in total. The van der Waals surface area contributed by atoms with E-state index in [1.54, 1.807) is 6.20 Å². The second kappa shape index (κ2) is 4.15. The first-order valence-corrected chi connectivity index (χ1v) is 5.74. The largest absolute Gasteiger partial charge is 0.389 e. The maximum atomic E-state index is 10.6. The van der Waals surface area contributed by atoms with Crippen molar-refractivity contribution in [3.63, 3.8) is 0 Å². The van der Waals surface area contributed by atoms with Crippen molar-refractivity contribution in [2.24, 2.45) is 0 Å². The third-order valence-electron chi connectivity index (χ3n) is 3.07. The molecule has 0 radical (unpaired) electrons. The third kappa shape index (κ3) is 2.80. The van der Waals surface area contributed by atoms with E-state index in [1.807, 2.05) is 32.2 Å². The fourth-order valence-electron chi connectivity index (χ4n) is 2.48. The standard InChI is InChI=1S/C13H19NO2/c1-12(2)10-13(15,5-7-16-12)8-11-4-3-6-14-9-11/h3-4,6,9,15H,5,7-8,10H2,1-2H3. The number of rotatable bonds is 2. The molecule has 3 heteroatoms. The Balaban J connectivity index is 2.08. The molecule has 2 heterocycles. The lowest BCUT2D eigenvalue weighted by atomic mass is 9.80. The molecular formula is C13H19NO2. The van der Waals surface area contributed by atoms with Crippen molar-refractivity contribution in [2.75, 3.05) is 6.61 Å². The molecule has 1 aromatic heterocycles. The van der Waals surface area contributed by atoms with Gasteiger partial charge in [0.15, 0.2) is 0 Å². The number of pyridine rings is 1. The van der Waals surface area contributed by atoms with Crippen LogP contribution in [0.2, 0.25) is 0 Å². The predicted molar refractivity (Wildman–Crippen MR) is 62.2 cm³/mol. The summed E-state index contributed by atoms with van der Waals surface area (Å²) < 4.78 is 5.62. The van der Waals surface area contributed by atoms with Crippen LogP contribution < -0.4 is 0 Å². The van der Waals surface area contributed by atoms with Gasteiger partial charge >= 0.3 is 0 Å². The SMILES string of the molecule is CC1(C)CC(O)(Cc2cccnc2)CCO1. The summed E-state index contributed by atoms with van der Waals surface area (Å²) in [4.78, 5) is 4.08. The molecule has 1 N–H and O–H groups in total. The van der Waals surface area contributed by atoms with Gasteiger partial charge in [-0.25, -0.2) is 0 Å². The summed E-state index contributed by atoms with van der Waals surface area (Å²) in [5.74, 6) is 0. The van der Waals surface area contributed by atoms with Gasteiger partial charge < -0.3 is 9.84 Å². The number of hydrogen-bond donors (Lipinski definition) is 1. The van der Waals surface area contributed by atoms with Gasteiger partial charge in [-0.2, -0.15) is 0 Å². The minimum atomic E-state index is -0.648. The van der Waals surface area contributed by atoms with Crippen molar-refractivity contribution < 1.29 is 9.84 Å². The molecule has 0 aromatic carbocycles. The number of aliphatic hydroxyl groups is 1. The van der Waals surface area contributed by atoms with Crippen LogP contribution in [-0.2, 0) is 11.2 Å². The molecule has 1 aliphatic heterocycles. The zero-order chi connectivity index (χ0) is 11.6. The van der Waals surface area contributed by atoms with Gasteiger partial charge in [0, 0.05) is 25.2 Å². The number of ether oxygens (including phenoxy) is 1. The first-order chi connectivity index (χ1) is 7.49. The molecule has 1 unspecified atom stereocenters. The Hall–Kier alpha value is -0.930. The van der Waals surface area contributed by atoms with Crippen LogP contribution in [0.1, 0.15) is 32.3 Å². The number of nitrogens with zero attached hydrogens (tertiary/aromatic N) is 1. The van der Waals surface area contributed by atoms with Crippen molar-refractivity contribution >= 4 is 0 Å². The Labute approximate surface area is 96.5 Å². The fraction of sp³-hybridized carbons (Fsp3) is 0.615. The minimum absolute atomic E-state index is 0.227. The van der Waals surface area contributed by atoms with Crippen LogP contribution >= 0.6 is 0 Å². The maximum absolute atomic E-state index is 10.6. The van der Waals surface area contributed by atoms with E-state index < -0.39 is 5.60 Å². The molecule has 1 aliphatic rings. The van der Waals surface area contributed by atoms with E-state index in [0.29, 0.717) is 25.9 Å². The summed E-state index contributed by atoms with van der Waals surface area (Å²) in [5, 5.41) is 10.6. The summed E-state index contributed by atoms with van der Waals surface area (Å²) in [6.45, 7) is 4.69. The summed E-state index contributed by atoms with van der Waals surface area (Å²) >= 11 is 0. The van der Waals surface area contributed by atoms with Gasteiger partial charge in [-0.15, -0.1) is 0 Å². The molecule has 16 heavy (non-hydrogen) atoms. The van der Waals surface area contributed by atoms with Crippen LogP contribution in [0, 0.1) is 0 Å². The second-order valence-corrected chi connectivity index (χ2v) is 5.30. The average molecular weight is 221 g/mol. The first-order valence-electron chi connectivity index (χ1n) is 5.74. The molecule has 0 saturated carbocycles. The van der Waals surface area contributed by atoms with Crippen LogP contribution in [0.4, 0.5) is 0 Å². The quantitative estimate of drug-likeness (QED) is 0.830. The average Bonchev–Trinajstić information content (AvgIpc) is 2.16. The monoisotopic (exact) mass is 221 g/mol. The van der Waals surface area contributed by atoms with Gasteiger partial charge in [0.2, 0.25) is 0 Å². The molecular weight excluding hydrogens is 202 g/mol. The van der Waals surface area contributed by atoms with Gasteiger partial charge in [0.05, 0.1) is 17.8 Å². The van der Waals surface area contributed by atoms with Crippen molar-refractivity contribution in [3.05, 3.63) is 30.1 Å². The van der Waals surface area contributed by atoms with E-state index in [-0.39, 0.29) is 5.60 Å². The molecule has 0 spiro atoms. The van der Waals surface area contributed by atoms with Crippen molar-refractivity contribution in [3.8, 4) is 0 Å². The zero-order valence-corrected chi connectivity index (χ0v) is 9.94. The van der Waals surface area contributed by atoms with Gasteiger partial charge in [-0.3, -0.25) is 4.98 Å². The van der Waals surface area contributed by atoms with E-state index in [0.717, 1.165) is 5.56 Å². The normalized spacial score (nSPS) is 28.9. The Morgan fingerprint density at radius 2 is 2.31 bits per heavy atom. The molecule has 1 atom stereocenters. The van der Waals surface area contributed by atoms with Crippen molar-refractivity contribution in [1.29, 1.82) is 0 Å². The van der Waals surface area contributed by atoms with Crippen LogP contribution in [0.5, 0.6) is 0 Å². The van der Waals surface area contributed by atoms with E-state index >= 15 is 0 Å². The fourth-order valence-corrected chi connectivity index (χ4v) is 2.48. The molecule has 0 aliphatic carbocycles. The molecule has 0 bridgehead atoms. The number of hydrogen-bond acceptors (Lipinski definition) is 3. The summed E-state index contributed by atoms with van der Waals surface area (Å²) in [5.41, 5.74) is 0.211. The van der Waals surface area contributed by atoms with E-state index in [1.165, 1.54) is 0 Å². The van der Waals surface area contributed by atoms with Crippen LogP contribution in [0.15, 0.2) is 24.5 Å². The Kier molecular flexibility index (Phi) is 3.00. The lowest BCUT2D eigenvalue weighted by molar-refractivity contribution is -0.143. The number of aromatic nitrogens is 1. The molecule has 1 saturated heterocycles. The predicted octanol–water partition coefficient (Wildman–Crippen LogP) is 1.94. The highest BCUT2D eigenvalue weighted by Crippen LogP contribution is 2.34. The summed E-state index contributed by atoms with van der Waals surface area (Å²) in [7, 11) is 0. The molecule has 2 rings (SSSR count). The van der Waals surface area contributed by atoms with Gasteiger partial charge in [0.25, 0.3) is 0 Å². The molecule has 88 valence electrons. The zero-order valence-electron chi connectivity index (χ0n) is 9.94. The lowest BCUT2D eigenvalue weighted by Crippen LogP contribution is -2.47. The molecule has 1 fully saturated rings. The van der Waals surface area contributed by atoms with Gasteiger partial charge in [-0.1, -0.05) is 6.07 Å². The Morgan fingerprint density at radius 1 is 1.50 bits per heavy atom. The first kappa shape index (κ1) is 11.6. The summed E-state index contributed by atoms with van der Waals surface area (Å²) in [6, 6.07) is 3.91. The van der Waals surface area contributed by atoms with E-state index in [2.05, 4.69) is 4.98 Å². The highest BCUT2D eigenvalue weighted by Gasteiger charge is 2.39. The Bertz CT molecular complexity index is 350. The van der Waals surface area contributed by atoms with Crippen LogP contribution in [0.3, 0.4) is 0 Å². The van der Waals surface area contributed by atoms with Crippen molar-refractivity contribution in [2.45, 2.75) is 44.3 Å². The third-order valence-corrected chi connectivity index (χ3v) is 3.07. The highest BCUT2D eigenvalue weighted by atomic mass is 16.5. The minimum Gasteiger partial charge on any atom is -0.389 e. The van der Waals surface area contributed by atoms with E-state index in [4.69, 9.17) is 4.74 Å². The summed E-state index contributed by atoms with van der Waals surface area (Å²) in [6.07, 6.45) is 5.61. The van der Waals surface area contributed by atoms with E-state index in [9.17, 15) is 5.11 Å². The molecule has 0 amide bonds. The lowest BCUT2D eigenvalue weighted by Gasteiger charge is -2.41. The van der Waals surface area contributed by atoms with Crippen LogP contribution in [0.25, 0.3) is 0 Å². The topological polar surface area (TPSA) is 42.4 Å². The van der Waals surface area contributed by atoms with Crippen LogP contribution in [-0.4, -0.2) is 27.9 Å². The highest BCUT2D eigenvalue weighted by molar-refractivity contribution is 5.12. The van der Waals surface area contributed by atoms with Gasteiger partial charge in [0.1, 0.15) is 0 Å². The molecule has 1 aromatic rings. The maximum Gasteiger partial charge on any atom is 0.0737 e. The smallest absolute Gasteiger partial charge is 0.0737 e. The second-order valence-electron chi connectivity index (χ2n) is 5.30. The van der Waals surface area contributed by atoms with Gasteiger partial charge in [-0.05, 0) is 31.9 Å².